The normalized spacial score (nSPS) is 18.7. The van der Waals surface area contributed by atoms with Gasteiger partial charge in [0.25, 0.3) is 0 Å². The molecule has 3 N–H and O–H groups in total. The molecule has 0 aliphatic carbocycles. The Kier molecular flexibility index (Phi) is 3.61. The van der Waals surface area contributed by atoms with Gasteiger partial charge in [-0.25, -0.2) is 0 Å². The van der Waals surface area contributed by atoms with E-state index in [0.717, 1.165) is 0 Å². The van der Waals surface area contributed by atoms with Gasteiger partial charge in [0.05, 0.1) is 22.7 Å². The molecule has 1 saturated heterocycles. The number of nitrogens with two attached hydrogens (primary N) is 1. The number of carbonyl (C=O) groups is 1. The van der Waals surface area contributed by atoms with Crippen molar-refractivity contribution < 1.29 is 9.90 Å². The highest BCUT2D eigenvalue weighted by Gasteiger charge is 2.30. The van der Waals surface area contributed by atoms with Gasteiger partial charge in [0.2, 0.25) is 5.91 Å². The maximum absolute atomic E-state index is 11.4. The molecule has 17 heavy (non-hydrogen) atoms. The summed E-state index contributed by atoms with van der Waals surface area (Å²) in [7, 11) is 0. The lowest BCUT2D eigenvalue weighted by atomic mass is 10.0. The zero-order chi connectivity index (χ0) is 12.4. The Morgan fingerprint density at radius 3 is 2.82 bits per heavy atom. The first-order valence-electron chi connectivity index (χ1n) is 5.37. The Bertz CT molecular complexity index is 404. The lowest BCUT2D eigenvalue weighted by Gasteiger charge is -2.37. The van der Waals surface area contributed by atoms with Gasteiger partial charge in [0.1, 0.15) is 0 Å². The number of aliphatic hydroxyl groups excluding tert-OH is 1. The van der Waals surface area contributed by atoms with E-state index in [1.165, 1.54) is 6.20 Å². The van der Waals surface area contributed by atoms with Crippen LogP contribution in [0.2, 0.25) is 5.02 Å². The van der Waals surface area contributed by atoms with Crippen LogP contribution in [-0.4, -0.2) is 46.6 Å². The third-order valence-electron chi connectivity index (χ3n) is 2.83. The van der Waals surface area contributed by atoms with Crippen LogP contribution in [0.4, 0.5) is 0 Å². The molecule has 0 radical (unpaired) electrons. The Balaban J connectivity index is 2.06. The summed E-state index contributed by atoms with van der Waals surface area (Å²) in [5.41, 5.74) is 5.98. The summed E-state index contributed by atoms with van der Waals surface area (Å²) in [6.07, 6.45) is 1.21. The first-order chi connectivity index (χ1) is 8.06. The number of hydrogen-bond donors (Lipinski definition) is 2. The number of likely N-dealkylation sites (tertiary alicyclic amines) is 1. The molecule has 1 amide bonds. The Hall–Kier alpha value is -1.17. The second-order valence-electron chi connectivity index (χ2n) is 4.23. The van der Waals surface area contributed by atoms with Crippen molar-refractivity contribution in [3.8, 4) is 0 Å². The molecule has 92 valence electrons. The van der Waals surface area contributed by atoms with Gasteiger partial charge in [-0.1, -0.05) is 11.6 Å². The summed E-state index contributed by atoms with van der Waals surface area (Å²) >= 11 is 5.74. The fourth-order valence-electron chi connectivity index (χ4n) is 1.87. The van der Waals surface area contributed by atoms with Crippen LogP contribution in [0.5, 0.6) is 0 Å². The summed E-state index contributed by atoms with van der Waals surface area (Å²) in [5, 5.41) is 9.71. The number of rotatable bonds is 4. The molecule has 1 aliphatic heterocycles. The number of pyridine rings is 1. The lowest BCUT2D eigenvalue weighted by Crippen LogP contribution is -2.53. The first-order valence-corrected chi connectivity index (χ1v) is 5.75. The highest BCUT2D eigenvalue weighted by molar-refractivity contribution is 6.30. The van der Waals surface area contributed by atoms with Gasteiger partial charge < -0.3 is 10.8 Å². The highest BCUT2D eigenvalue weighted by Crippen LogP contribution is 2.19. The number of carbonyl (C=O) groups excluding carboxylic acids is 1. The second kappa shape index (κ2) is 5.00. The van der Waals surface area contributed by atoms with Crippen molar-refractivity contribution in [1.29, 1.82) is 0 Å². The SMILES string of the molecule is NC(=O)C(CN1CC(O)C1)c1ccc(Cl)cn1. The van der Waals surface area contributed by atoms with Crippen molar-refractivity contribution in [3.63, 3.8) is 0 Å². The molecule has 2 rings (SSSR count). The number of β-amino-alcohol motifs (C(OH)–C–C–N with tert-alkyl or cyclic N) is 1. The molecule has 1 aliphatic rings. The second-order valence-corrected chi connectivity index (χ2v) is 4.67. The van der Waals surface area contributed by atoms with Crippen molar-refractivity contribution >= 4 is 17.5 Å². The molecule has 0 aromatic carbocycles. The summed E-state index contributed by atoms with van der Waals surface area (Å²) in [6.45, 7) is 1.65. The zero-order valence-electron chi connectivity index (χ0n) is 9.21. The van der Waals surface area contributed by atoms with Gasteiger partial charge in [0, 0.05) is 25.8 Å². The Morgan fingerprint density at radius 2 is 2.35 bits per heavy atom. The number of aromatic nitrogens is 1. The molecular formula is C11H14ClN3O2. The minimum atomic E-state index is -0.459. The quantitative estimate of drug-likeness (QED) is 0.793. The van der Waals surface area contributed by atoms with E-state index in [1.54, 1.807) is 12.1 Å². The maximum atomic E-state index is 11.4. The predicted molar refractivity (Wildman–Crippen MR) is 63.6 cm³/mol. The fraction of sp³-hybridized carbons (Fsp3) is 0.455. The van der Waals surface area contributed by atoms with Gasteiger partial charge >= 0.3 is 0 Å². The van der Waals surface area contributed by atoms with Crippen molar-refractivity contribution in [1.82, 2.24) is 9.88 Å². The van der Waals surface area contributed by atoms with Crippen molar-refractivity contribution in [2.75, 3.05) is 19.6 Å². The molecule has 1 fully saturated rings. The van der Waals surface area contributed by atoms with Crippen LogP contribution in [-0.2, 0) is 4.79 Å². The minimum absolute atomic E-state index is 0.290. The van der Waals surface area contributed by atoms with Gasteiger partial charge in [0.15, 0.2) is 0 Å². The number of aliphatic hydroxyl groups is 1. The molecule has 1 unspecified atom stereocenters. The van der Waals surface area contributed by atoms with E-state index in [0.29, 0.717) is 30.4 Å². The molecule has 0 bridgehead atoms. The maximum Gasteiger partial charge on any atom is 0.227 e. The predicted octanol–water partition coefficient (Wildman–Crippen LogP) is -0.0196. The average Bonchev–Trinajstić information content (AvgIpc) is 2.24. The molecule has 1 aromatic heterocycles. The van der Waals surface area contributed by atoms with Gasteiger partial charge in [-0.2, -0.15) is 0 Å². The van der Waals surface area contributed by atoms with E-state index in [2.05, 4.69) is 4.98 Å². The number of nitrogens with zero attached hydrogens (tertiary/aromatic N) is 2. The van der Waals surface area contributed by atoms with Crippen LogP contribution in [0.3, 0.4) is 0 Å². The van der Waals surface area contributed by atoms with Crippen LogP contribution in [0.25, 0.3) is 0 Å². The monoisotopic (exact) mass is 255 g/mol. The largest absolute Gasteiger partial charge is 0.390 e. The van der Waals surface area contributed by atoms with Crippen LogP contribution >= 0.6 is 11.6 Å². The standard InChI is InChI=1S/C11H14ClN3O2/c12-7-1-2-10(14-3-7)9(11(13)17)6-15-4-8(16)5-15/h1-3,8-9,16H,4-6H2,(H2,13,17). The van der Waals surface area contributed by atoms with Crippen LogP contribution in [0.15, 0.2) is 18.3 Å². The fourth-order valence-corrected chi connectivity index (χ4v) is 1.98. The van der Waals surface area contributed by atoms with Crippen molar-refractivity contribution in [2.45, 2.75) is 12.0 Å². The third kappa shape index (κ3) is 2.94. The molecule has 1 aromatic rings. The Labute approximate surface area is 104 Å². The third-order valence-corrected chi connectivity index (χ3v) is 3.05. The molecule has 1 atom stereocenters. The van der Waals surface area contributed by atoms with Crippen LogP contribution < -0.4 is 5.73 Å². The lowest BCUT2D eigenvalue weighted by molar-refractivity contribution is -0.120. The summed E-state index contributed by atoms with van der Waals surface area (Å²) in [5.74, 6) is -0.874. The van der Waals surface area contributed by atoms with E-state index >= 15 is 0 Å². The Morgan fingerprint density at radius 1 is 1.65 bits per heavy atom. The molecule has 0 saturated carbocycles. The molecule has 5 nitrogen and oxygen atoms in total. The molecular weight excluding hydrogens is 242 g/mol. The van der Waals surface area contributed by atoms with Gasteiger partial charge in [-0.3, -0.25) is 14.7 Å². The van der Waals surface area contributed by atoms with Crippen LogP contribution in [0, 0.1) is 0 Å². The van der Waals surface area contributed by atoms with E-state index in [9.17, 15) is 9.90 Å². The summed E-state index contributed by atoms with van der Waals surface area (Å²) < 4.78 is 0. The van der Waals surface area contributed by atoms with Gasteiger partial charge in [-0.15, -0.1) is 0 Å². The molecule has 0 spiro atoms. The van der Waals surface area contributed by atoms with E-state index in [1.807, 2.05) is 4.90 Å². The number of halogens is 1. The van der Waals surface area contributed by atoms with E-state index < -0.39 is 11.8 Å². The molecule has 2 heterocycles. The number of primary amides is 1. The number of amides is 1. The summed E-state index contributed by atoms with van der Waals surface area (Å²) in [4.78, 5) is 17.5. The number of hydrogen-bond acceptors (Lipinski definition) is 4. The van der Waals surface area contributed by atoms with Gasteiger partial charge in [-0.05, 0) is 12.1 Å². The van der Waals surface area contributed by atoms with Crippen molar-refractivity contribution in [3.05, 3.63) is 29.0 Å². The van der Waals surface area contributed by atoms with E-state index in [-0.39, 0.29) is 6.10 Å². The minimum Gasteiger partial charge on any atom is -0.390 e. The van der Waals surface area contributed by atoms with Crippen LogP contribution in [0.1, 0.15) is 11.6 Å². The zero-order valence-corrected chi connectivity index (χ0v) is 9.97. The van der Waals surface area contributed by atoms with Crippen molar-refractivity contribution in [2.24, 2.45) is 5.73 Å². The first kappa shape index (κ1) is 12.3. The average molecular weight is 256 g/mol. The molecule has 6 heteroatoms. The smallest absolute Gasteiger partial charge is 0.227 e. The topological polar surface area (TPSA) is 79.5 Å². The van der Waals surface area contributed by atoms with E-state index in [4.69, 9.17) is 17.3 Å². The highest BCUT2D eigenvalue weighted by atomic mass is 35.5. The summed E-state index contributed by atoms with van der Waals surface area (Å²) in [6, 6.07) is 3.39.